The Kier molecular flexibility index (Phi) is 5.17. The fraction of sp³-hybridized carbons (Fsp3) is 0.143. The monoisotopic (exact) mass is 443 g/mol. The van der Waals surface area contributed by atoms with E-state index < -0.39 is 15.8 Å². The third-order valence-corrected chi connectivity index (χ3v) is 7.65. The average Bonchev–Trinajstić information content (AvgIpc) is 3.39. The molecule has 0 spiro atoms. The summed E-state index contributed by atoms with van der Waals surface area (Å²) in [7, 11) is -2.59. The number of sulfonamides is 1. The summed E-state index contributed by atoms with van der Waals surface area (Å²) in [5, 5.41) is 5.66. The lowest BCUT2D eigenvalue weighted by Gasteiger charge is -2.19. The lowest BCUT2D eigenvalue weighted by molar-refractivity contribution is 0.432. The Morgan fingerprint density at radius 2 is 1.83 bits per heavy atom. The molecule has 30 heavy (non-hydrogen) atoms. The van der Waals surface area contributed by atoms with Crippen molar-refractivity contribution in [3.05, 3.63) is 70.9 Å². The van der Waals surface area contributed by atoms with Gasteiger partial charge in [-0.3, -0.25) is 4.31 Å². The number of hydrogen-bond acceptors (Lipinski definition) is 6. The summed E-state index contributed by atoms with van der Waals surface area (Å²) in [6, 6.07) is 13.4. The second-order valence-electron chi connectivity index (χ2n) is 6.76. The molecule has 2 aromatic carbocycles. The number of aryl methyl sites for hydroxylation is 2. The molecule has 0 aliphatic rings. The zero-order chi connectivity index (χ0) is 21.5. The molecular formula is C21H18FN3O3S2. The van der Waals surface area contributed by atoms with E-state index in [9.17, 15) is 12.8 Å². The number of nitrogens with zero attached hydrogens (tertiary/aromatic N) is 3. The van der Waals surface area contributed by atoms with Crippen LogP contribution in [0.4, 0.5) is 10.1 Å². The maximum absolute atomic E-state index is 14.0. The molecule has 0 bridgehead atoms. The van der Waals surface area contributed by atoms with Crippen molar-refractivity contribution < 1.29 is 17.3 Å². The molecule has 0 aliphatic carbocycles. The topological polar surface area (TPSA) is 76.3 Å². The van der Waals surface area contributed by atoms with Gasteiger partial charge < -0.3 is 4.52 Å². The average molecular weight is 444 g/mol. The first-order valence-electron chi connectivity index (χ1n) is 9.01. The van der Waals surface area contributed by atoms with Gasteiger partial charge in [-0.1, -0.05) is 35.5 Å². The predicted molar refractivity (Wildman–Crippen MR) is 115 cm³/mol. The van der Waals surface area contributed by atoms with Gasteiger partial charge in [0.25, 0.3) is 15.9 Å². The number of hydrogen-bond donors (Lipinski definition) is 0. The van der Waals surface area contributed by atoms with Gasteiger partial charge in [-0.2, -0.15) is 4.98 Å². The highest BCUT2D eigenvalue weighted by atomic mass is 32.2. The van der Waals surface area contributed by atoms with Gasteiger partial charge in [-0.25, -0.2) is 12.8 Å². The molecule has 0 N–H and O–H groups in total. The Balaban J connectivity index is 1.73. The number of aromatic nitrogens is 2. The van der Waals surface area contributed by atoms with Crippen molar-refractivity contribution in [3.8, 4) is 22.2 Å². The molecule has 0 amide bonds. The van der Waals surface area contributed by atoms with Crippen molar-refractivity contribution in [3.63, 3.8) is 0 Å². The number of anilines is 1. The molecule has 0 fully saturated rings. The van der Waals surface area contributed by atoms with Crippen molar-refractivity contribution in [1.82, 2.24) is 10.1 Å². The molecule has 0 unspecified atom stereocenters. The SMILES string of the molecule is Cc1ccc(N(C)S(=O)(=O)c2ccsc2-c2nc(-c3ccccc3C)no2)cc1F. The first-order valence-corrected chi connectivity index (χ1v) is 11.3. The van der Waals surface area contributed by atoms with Gasteiger partial charge in [-0.05, 0) is 48.6 Å². The van der Waals surface area contributed by atoms with Crippen LogP contribution in [0.3, 0.4) is 0 Å². The highest BCUT2D eigenvalue weighted by Crippen LogP contribution is 2.36. The van der Waals surface area contributed by atoms with Crippen molar-refractivity contribution in [1.29, 1.82) is 0 Å². The van der Waals surface area contributed by atoms with Gasteiger partial charge >= 0.3 is 0 Å². The summed E-state index contributed by atoms with van der Waals surface area (Å²) in [5.41, 5.74) is 2.45. The molecule has 6 nitrogen and oxygen atoms in total. The fourth-order valence-electron chi connectivity index (χ4n) is 2.97. The van der Waals surface area contributed by atoms with E-state index in [1.54, 1.807) is 18.4 Å². The molecule has 4 rings (SSSR count). The standard InChI is InChI=1S/C21H18FN3O3S2/c1-13-6-4-5-7-16(13)20-23-21(28-24-20)19-18(10-11-29-19)30(26,27)25(3)15-9-8-14(2)17(22)12-15/h4-12H,1-3H3. The fourth-order valence-corrected chi connectivity index (χ4v) is 5.47. The lowest BCUT2D eigenvalue weighted by Crippen LogP contribution is -2.26. The maximum atomic E-state index is 14.0. The van der Waals surface area contributed by atoms with Crippen LogP contribution in [0.25, 0.3) is 22.2 Å². The first kappa shape index (κ1) is 20.2. The second-order valence-corrected chi connectivity index (χ2v) is 9.61. The summed E-state index contributed by atoms with van der Waals surface area (Å²) in [5.74, 6) is 0.0268. The Bertz CT molecular complexity index is 1330. The Morgan fingerprint density at radius 3 is 2.57 bits per heavy atom. The minimum Gasteiger partial charge on any atom is -0.333 e. The Morgan fingerprint density at radius 1 is 1.07 bits per heavy atom. The Hall–Kier alpha value is -3.04. The molecule has 4 aromatic rings. The van der Waals surface area contributed by atoms with E-state index in [4.69, 9.17) is 4.52 Å². The van der Waals surface area contributed by atoms with E-state index >= 15 is 0 Å². The summed E-state index contributed by atoms with van der Waals surface area (Å²) in [4.78, 5) is 4.76. The van der Waals surface area contributed by atoms with Crippen LogP contribution < -0.4 is 4.31 Å². The van der Waals surface area contributed by atoms with E-state index in [0.29, 0.717) is 16.3 Å². The number of halogens is 1. The van der Waals surface area contributed by atoms with Gasteiger partial charge in [0.1, 0.15) is 15.6 Å². The molecule has 0 aliphatic heterocycles. The molecule has 0 radical (unpaired) electrons. The van der Waals surface area contributed by atoms with Crippen LogP contribution in [0.5, 0.6) is 0 Å². The Labute approximate surface area is 177 Å². The zero-order valence-electron chi connectivity index (χ0n) is 16.5. The second kappa shape index (κ2) is 7.66. The summed E-state index contributed by atoms with van der Waals surface area (Å²) < 4.78 is 46.9. The number of rotatable bonds is 5. The van der Waals surface area contributed by atoms with Gasteiger partial charge in [0.15, 0.2) is 0 Å². The van der Waals surface area contributed by atoms with Crippen molar-refractivity contribution >= 4 is 27.0 Å². The van der Waals surface area contributed by atoms with Crippen LogP contribution in [0.15, 0.2) is 63.3 Å². The van der Waals surface area contributed by atoms with Crippen LogP contribution in [0.2, 0.25) is 0 Å². The first-order chi connectivity index (χ1) is 14.3. The van der Waals surface area contributed by atoms with E-state index in [1.165, 1.54) is 36.6 Å². The van der Waals surface area contributed by atoms with Gasteiger partial charge in [-0.15, -0.1) is 11.3 Å². The van der Waals surface area contributed by atoms with E-state index in [0.717, 1.165) is 15.4 Å². The summed E-state index contributed by atoms with van der Waals surface area (Å²) in [6.45, 7) is 3.55. The van der Waals surface area contributed by atoms with Crippen LogP contribution in [-0.2, 0) is 10.0 Å². The molecule has 154 valence electrons. The van der Waals surface area contributed by atoms with Gasteiger partial charge in [0.2, 0.25) is 5.82 Å². The highest BCUT2D eigenvalue weighted by molar-refractivity contribution is 7.93. The minimum absolute atomic E-state index is 0.0240. The quantitative estimate of drug-likeness (QED) is 0.432. The third-order valence-electron chi connectivity index (χ3n) is 4.79. The van der Waals surface area contributed by atoms with Crippen molar-refractivity contribution in [2.24, 2.45) is 0 Å². The molecule has 0 saturated heterocycles. The van der Waals surface area contributed by atoms with Crippen LogP contribution in [0.1, 0.15) is 11.1 Å². The largest absolute Gasteiger partial charge is 0.333 e. The van der Waals surface area contributed by atoms with Crippen LogP contribution >= 0.6 is 11.3 Å². The zero-order valence-corrected chi connectivity index (χ0v) is 18.1. The van der Waals surface area contributed by atoms with E-state index in [2.05, 4.69) is 10.1 Å². The van der Waals surface area contributed by atoms with Crippen molar-refractivity contribution in [2.45, 2.75) is 18.7 Å². The summed E-state index contributed by atoms with van der Waals surface area (Å²) in [6.07, 6.45) is 0. The maximum Gasteiger partial charge on any atom is 0.269 e. The van der Waals surface area contributed by atoms with Gasteiger partial charge in [0, 0.05) is 12.6 Å². The van der Waals surface area contributed by atoms with Crippen LogP contribution in [-0.4, -0.2) is 25.6 Å². The smallest absolute Gasteiger partial charge is 0.269 e. The molecule has 2 aromatic heterocycles. The molecule has 0 atom stereocenters. The number of benzene rings is 2. The van der Waals surface area contributed by atoms with Gasteiger partial charge in [0.05, 0.1) is 5.69 Å². The third kappa shape index (κ3) is 3.50. The molecule has 2 heterocycles. The summed E-state index contributed by atoms with van der Waals surface area (Å²) >= 11 is 1.18. The predicted octanol–water partition coefficient (Wildman–Crippen LogP) is 5.05. The molecule has 0 saturated carbocycles. The minimum atomic E-state index is -3.97. The lowest BCUT2D eigenvalue weighted by atomic mass is 10.1. The van der Waals surface area contributed by atoms with Crippen molar-refractivity contribution in [2.75, 3.05) is 11.4 Å². The normalized spacial score (nSPS) is 11.6. The highest BCUT2D eigenvalue weighted by Gasteiger charge is 2.29. The molecular weight excluding hydrogens is 425 g/mol. The van der Waals surface area contributed by atoms with E-state index in [-0.39, 0.29) is 16.5 Å². The van der Waals surface area contributed by atoms with E-state index in [1.807, 2.05) is 31.2 Å². The molecule has 9 heteroatoms. The van der Waals surface area contributed by atoms with Crippen LogP contribution in [0, 0.1) is 19.7 Å². The number of thiophene rings is 1.